The molecule has 0 spiro atoms. The molecule has 0 atom stereocenters. The summed E-state index contributed by atoms with van der Waals surface area (Å²) >= 11 is 6.43. The van der Waals surface area contributed by atoms with Gasteiger partial charge in [0.2, 0.25) is 6.79 Å². The zero-order valence-electron chi connectivity index (χ0n) is 17.7. The number of aromatic nitrogens is 1. The van der Waals surface area contributed by atoms with E-state index in [1.165, 1.54) is 21.2 Å². The number of carbonyl (C=O) groups is 1. The number of benzene rings is 1. The second kappa shape index (κ2) is 8.68. The zero-order valence-corrected chi connectivity index (χ0v) is 19.4. The highest BCUT2D eigenvalue weighted by Crippen LogP contribution is 2.35. The lowest BCUT2D eigenvalue weighted by atomic mass is 10.0. The summed E-state index contributed by atoms with van der Waals surface area (Å²) in [6, 6.07) is 7.64. The van der Waals surface area contributed by atoms with Gasteiger partial charge in [0.15, 0.2) is 11.5 Å². The third-order valence-corrected chi connectivity index (χ3v) is 6.83. The Balaban J connectivity index is 1.79. The van der Waals surface area contributed by atoms with Crippen LogP contribution in [0.3, 0.4) is 0 Å². The maximum absolute atomic E-state index is 12.9. The molecule has 0 radical (unpaired) electrons. The normalized spacial score (nSPS) is 16.1. The quantitative estimate of drug-likeness (QED) is 0.528. The number of thiocarbonyl (C=S) groups is 1. The average molecular weight is 469 g/mol. The number of nitrogens with zero attached hydrogens (tertiary/aromatic N) is 3. The molecule has 1 amide bonds. The van der Waals surface area contributed by atoms with Gasteiger partial charge >= 0.3 is 0 Å². The molecule has 1 aromatic heterocycles. The summed E-state index contributed by atoms with van der Waals surface area (Å²) in [5, 5.41) is 12.9. The SMILES string of the molecule is CCn1c(NCc2ccc3c(c2)OCO3)c(/C=C2/SC(=S)N(C)C2=O)c(C)c(C#N)c1=O. The summed E-state index contributed by atoms with van der Waals surface area (Å²) in [7, 11) is 1.62. The van der Waals surface area contributed by atoms with Crippen molar-refractivity contribution in [3.63, 3.8) is 0 Å². The van der Waals surface area contributed by atoms with Crippen molar-refractivity contribution in [2.24, 2.45) is 0 Å². The molecule has 0 unspecified atom stereocenters. The van der Waals surface area contributed by atoms with E-state index >= 15 is 0 Å². The molecule has 0 aliphatic carbocycles. The number of rotatable bonds is 5. The summed E-state index contributed by atoms with van der Waals surface area (Å²) in [5.74, 6) is 1.68. The first-order chi connectivity index (χ1) is 15.3. The van der Waals surface area contributed by atoms with Gasteiger partial charge in [-0.2, -0.15) is 5.26 Å². The molecule has 2 aliphatic heterocycles. The van der Waals surface area contributed by atoms with E-state index in [1.54, 1.807) is 20.0 Å². The fourth-order valence-electron chi connectivity index (χ4n) is 3.57. The Bertz CT molecular complexity index is 1280. The maximum Gasteiger partial charge on any atom is 0.270 e. The van der Waals surface area contributed by atoms with Crippen LogP contribution in [0.25, 0.3) is 6.08 Å². The van der Waals surface area contributed by atoms with E-state index in [9.17, 15) is 14.9 Å². The van der Waals surface area contributed by atoms with Gasteiger partial charge in [0.05, 0.1) is 4.91 Å². The van der Waals surface area contributed by atoms with Crippen LogP contribution in [-0.4, -0.2) is 33.5 Å². The van der Waals surface area contributed by atoms with Gasteiger partial charge in [-0.25, -0.2) is 0 Å². The number of nitriles is 1. The minimum atomic E-state index is -0.374. The van der Waals surface area contributed by atoms with Gasteiger partial charge in [-0.15, -0.1) is 0 Å². The summed E-state index contributed by atoms with van der Waals surface area (Å²) < 4.78 is 12.8. The van der Waals surface area contributed by atoms with E-state index in [0.717, 1.165) is 5.56 Å². The first-order valence-corrected chi connectivity index (χ1v) is 11.1. The summed E-state index contributed by atoms with van der Waals surface area (Å²) in [5.41, 5.74) is 1.73. The third-order valence-electron chi connectivity index (χ3n) is 5.35. The lowest BCUT2D eigenvalue weighted by molar-refractivity contribution is -0.121. The Morgan fingerprint density at radius 1 is 1.31 bits per heavy atom. The van der Waals surface area contributed by atoms with Crippen LogP contribution in [0.15, 0.2) is 27.9 Å². The molecule has 1 N–H and O–H groups in total. The van der Waals surface area contributed by atoms with Gasteiger partial charge in [-0.05, 0) is 43.2 Å². The molecular formula is C22H20N4O4S2. The van der Waals surface area contributed by atoms with Crippen molar-refractivity contribution >= 4 is 46.1 Å². The summed E-state index contributed by atoms with van der Waals surface area (Å²) in [6.45, 7) is 4.49. The minimum absolute atomic E-state index is 0.0544. The number of likely N-dealkylation sites (N-methyl/N-ethyl adjacent to an activating group) is 1. The number of carbonyl (C=O) groups excluding carboxylic acids is 1. The molecule has 0 bridgehead atoms. The highest BCUT2D eigenvalue weighted by Gasteiger charge is 2.30. The molecule has 0 saturated carbocycles. The first-order valence-electron chi connectivity index (χ1n) is 9.87. The number of hydrogen-bond donors (Lipinski definition) is 1. The Labute approximate surface area is 194 Å². The molecule has 2 aromatic rings. The first kappa shape index (κ1) is 21.9. The summed E-state index contributed by atoms with van der Waals surface area (Å²) in [6.07, 6.45) is 1.70. The van der Waals surface area contributed by atoms with Gasteiger partial charge in [0, 0.05) is 25.7 Å². The number of nitrogens with one attached hydrogen (secondary N) is 1. The van der Waals surface area contributed by atoms with E-state index in [4.69, 9.17) is 21.7 Å². The molecule has 8 nitrogen and oxygen atoms in total. The molecule has 3 heterocycles. The van der Waals surface area contributed by atoms with E-state index in [-0.39, 0.29) is 23.8 Å². The smallest absolute Gasteiger partial charge is 0.270 e. The molecule has 164 valence electrons. The van der Waals surface area contributed by atoms with Crippen molar-refractivity contribution in [3.8, 4) is 17.6 Å². The van der Waals surface area contributed by atoms with Crippen molar-refractivity contribution in [3.05, 3.63) is 55.7 Å². The molecule has 1 fully saturated rings. The zero-order chi connectivity index (χ0) is 23.0. The number of hydrogen-bond acceptors (Lipinski definition) is 8. The Morgan fingerprint density at radius 3 is 2.72 bits per heavy atom. The molecule has 2 aliphatic rings. The maximum atomic E-state index is 12.9. The van der Waals surface area contributed by atoms with Crippen LogP contribution < -0.4 is 20.3 Å². The standard InChI is InChI=1S/C22H20N4O4S2/c1-4-26-19(24-10-13-5-6-16-17(7-13)30-11-29-16)14(12(2)15(9-23)20(26)27)8-18-21(28)25(3)22(31)32-18/h5-8,24H,4,10-11H2,1-3H3/b18-8+. The van der Waals surface area contributed by atoms with Crippen molar-refractivity contribution in [2.45, 2.75) is 26.9 Å². The molecule has 32 heavy (non-hydrogen) atoms. The van der Waals surface area contributed by atoms with Gasteiger partial charge in [0.25, 0.3) is 11.5 Å². The Morgan fingerprint density at radius 2 is 2.06 bits per heavy atom. The van der Waals surface area contributed by atoms with Gasteiger partial charge in [-0.3, -0.25) is 19.1 Å². The Kier molecular flexibility index (Phi) is 5.95. The molecule has 1 aromatic carbocycles. The number of amides is 1. The van der Waals surface area contributed by atoms with Crippen molar-refractivity contribution in [1.29, 1.82) is 5.26 Å². The van der Waals surface area contributed by atoms with E-state index in [2.05, 4.69) is 5.32 Å². The van der Waals surface area contributed by atoms with Crippen LogP contribution in [0, 0.1) is 18.3 Å². The average Bonchev–Trinajstić information content (AvgIpc) is 3.34. The Hall–Kier alpha value is -3.29. The number of pyridine rings is 1. The second-order valence-electron chi connectivity index (χ2n) is 7.21. The fraction of sp³-hybridized carbons (Fsp3) is 0.273. The number of anilines is 1. The van der Waals surface area contributed by atoms with Crippen molar-refractivity contribution in [1.82, 2.24) is 9.47 Å². The predicted octanol–water partition coefficient (Wildman–Crippen LogP) is 3.22. The number of fused-ring (bicyclic) bond motifs is 1. The minimum Gasteiger partial charge on any atom is -0.454 e. The van der Waals surface area contributed by atoms with Crippen LogP contribution in [-0.2, 0) is 17.9 Å². The van der Waals surface area contributed by atoms with Crippen LogP contribution in [0.4, 0.5) is 5.82 Å². The van der Waals surface area contributed by atoms with Crippen LogP contribution in [0.2, 0.25) is 0 Å². The fourth-order valence-corrected chi connectivity index (χ4v) is 4.73. The van der Waals surface area contributed by atoms with Gasteiger partial charge in [0.1, 0.15) is 21.8 Å². The number of ether oxygens (including phenoxy) is 2. The lowest BCUT2D eigenvalue weighted by Crippen LogP contribution is -2.27. The molecule has 10 heteroatoms. The van der Waals surface area contributed by atoms with Crippen LogP contribution in [0.1, 0.15) is 29.2 Å². The van der Waals surface area contributed by atoms with Crippen LogP contribution >= 0.6 is 24.0 Å². The monoisotopic (exact) mass is 468 g/mol. The van der Waals surface area contributed by atoms with Crippen LogP contribution in [0.5, 0.6) is 11.5 Å². The summed E-state index contributed by atoms with van der Waals surface area (Å²) in [4.78, 5) is 27.4. The highest BCUT2D eigenvalue weighted by atomic mass is 32.2. The van der Waals surface area contributed by atoms with Crippen molar-refractivity contribution < 1.29 is 14.3 Å². The number of thioether (sulfide) groups is 1. The highest BCUT2D eigenvalue weighted by molar-refractivity contribution is 8.26. The molecular weight excluding hydrogens is 448 g/mol. The van der Waals surface area contributed by atoms with Gasteiger partial charge in [-0.1, -0.05) is 30.0 Å². The largest absolute Gasteiger partial charge is 0.454 e. The van der Waals surface area contributed by atoms with Gasteiger partial charge < -0.3 is 14.8 Å². The topological polar surface area (TPSA) is 96.6 Å². The predicted molar refractivity (Wildman–Crippen MR) is 127 cm³/mol. The third kappa shape index (κ3) is 3.74. The van der Waals surface area contributed by atoms with E-state index in [1.807, 2.05) is 31.2 Å². The lowest BCUT2D eigenvalue weighted by Gasteiger charge is -2.19. The van der Waals surface area contributed by atoms with Crippen molar-refractivity contribution in [2.75, 3.05) is 19.2 Å². The van der Waals surface area contributed by atoms with E-state index in [0.29, 0.717) is 50.8 Å². The second-order valence-corrected chi connectivity index (χ2v) is 8.88. The molecule has 1 saturated heterocycles. The molecule has 4 rings (SSSR count). The van der Waals surface area contributed by atoms with E-state index < -0.39 is 0 Å².